The summed E-state index contributed by atoms with van der Waals surface area (Å²) in [7, 11) is 0. The van der Waals surface area contributed by atoms with Crippen molar-refractivity contribution < 1.29 is 9.90 Å². The molecule has 2 N–H and O–H groups in total. The Morgan fingerprint density at radius 1 is 1.28 bits per heavy atom. The second-order valence-electron chi connectivity index (χ2n) is 6.82. The van der Waals surface area contributed by atoms with Crippen LogP contribution in [0.1, 0.15) is 29.5 Å². The van der Waals surface area contributed by atoms with Crippen LogP contribution < -0.4 is 5.32 Å². The van der Waals surface area contributed by atoms with Crippen molar-refractivity contribution in [2.24, 2.45) is 0 Å². The highest BCUT2D eigenvalue weighted by Crippen LogP contribution is 2.24. The summed E-state index contributed by atoms with van der Waals surface area (Å²) in [5.74, 6) is -0.182. The maximum atomic E-state index is 12.8. The number of hydrogen-bond acceptors (Lipinski definition) is 4. The zero-order valence-electron chi connectivity index (χ0n) is 14.6. The van der Waals surface area contributed by atoms with E-state index in [-0.39, 0.29) is 12.5 Å². The molecule has 1 fully saturated rings. The molecular weight excluding hydrogens is 314 g/mol. The average molecular weight is 339 g/mol. The van der Waals surface area contributed by atoms with Crippen LogP contribution in [0.4, 0.5) is 0 Å². The number of benzene rings is 1. The van der Waals surface area contributed by atoms with Gasteiger partial charge in [0.15, 0.2) is 5.60 Å². The zero-order valence-corrected chi connectivity index (χ0v) is 14.6. The fraction of sp³-hybridized carbons (Fsp3) is 0.400. The van der Waals surface area contributed by atoms with Crippen LogP contribution in [0.5, 0.6) is 0 Å². The van der Waals surface area contributed by atoms with Crippen LogP contribution >= 0.6 is 0 Å². The maximum Gasteiger partial charge on any atom is 0.256 e. The Labute approximate surface area is 148 Å². The molecule has 25 heavy (non-hydrogen) atoms. The Morgan fingerprint density at radius 3 is 2.88 bits per heavy atom. The van der Waals surface area contributed by atoms with Crippen molar-refractivity contribution >= 4 is 5.91 Å². The summed E-state index contributed by atoms with van der Waals surface area (Å²) in [4.78, 5) is 18.6. The van der Waals surface area contributed by atoms with Gasteiger partial charge in [-0.3, -0.25) is 9.78 Å². The highest BCUT2D eigenvalue weighted by atomic mass is 16.3. The first-order valence-corrected chi connectivity index (χ1v) is 8.74. The number of piperidine rings is 1. The summed E-state index contributed by atoms with van der Waals surface area (Å²) in [6, 6.07) is 12.0. The second-order valence-corrected chi connectivity index (χ2v) is 6.82. The molecule has 1 amide bonds. The number of likely N-dealkylation sites (tertiary alicyclic amines) is 1. The third-order valence-corrected chi connectivity index (χ3v) is 4.63. The third-order valence-electron chi connectivity index (χ3n) is 4.63. The van der Waals surface area contributed by atoms with Gasteiger partial charge in [-0.15, -0.1) is 0 Å². The van der Waals surface area contributed by atoms with Crippen LogP contribution in [-0.2, 0) is 17.9 Å². The number of pyridine rings is 1. The van der Waals surface area contributed by atoms with E-state index in [1.165, 1.54) is 5.56 Å². The predicted octanol–water partition coefficient (Wildman–Crippen LogP) is 2.03. The molecule has 5 nitrogen and oxygen atoms in total. The highest BCUT2D eigenvalue weighted by Gasteiger charge is 2.41. The Hall–Kier alpha value is -2.24. The molecule has 2 heterocycles. The maximum absolute atomic E-state index is 12.8. The van der Waals surface area contributed by atoms with Gasteiger partial charge >= 0.3 is 0 Å². The number of nitrogens with zero attached hydrogens (tertiary/aromatic N) is 2. The minimum Gasteiger partial charge on any atom is -0.379 e. The normalized spacial score (nSPS) is 20.7. The van der Waals surface area contributed by atoms with Gasteiger partial charge in [-0.05, 0) is 37.0 Å². The summed E-state index contributed by atoms with van der Waals surface area (Å²) in [5, 5.41) is 14.0. The lowest BCUT2D eigenvalue weighted by atomic mass is 9.91. The van der Waals surface area contributed by atoms with Crippen LogP contribution in [0.15, 0.2) is 48.8 Å². The fourth-order valence-corrected chi connectivity index (χ4v) is 3.33. The minimum absolute atomic E-state index is 0.182. The number of carbonyl (C=O) groups is 1. The molecule has 0 aliphatic carbocycles. The molecule has 5 heteroatoms. The molecule has 1 aromatic carbocycles. The first-order chi connectivity index (χ1) is 12.1. The van der Waals surface area contributed by atoms with Gasteiger partial charge < -0.3 is 15.3 Å². The van der Waals surface area contributed by atoms with E-state index >= 15 is 0 Å². The minimum atomic E-state index is -1.33. The lowest BCUT2D eigenvalue weighted by Crippen LogP contribution is -2.57. The predicted molar refractivity (Wildman–Crippen MR) is 96.7 cm³/mol. The number of aromatic nitrogens is 1. The van der Waals surface area contributed by atoms with Crippen LogP contribution in [0, 0.1) is 6.92 Å². The van der Waals surface area contributed by atoms with E-state index in [1.54, 1.807) is 17.3 Å². The van der Waals surface area contributed by atoms with Crippen molar-refractivity contribution in [1.82, 2.24) is 15.2 Å². The van der Waals surface area contributed by atoms with E-state index in [0.29, 0.717) is 26.1 Å². The topological polar surface area (TPSA) is 65.5 Å². The lowest BCUT2D eigenvalue weighted by molar-refractivity contribution is -0.157. The quantitative estimate of drug-likeness (QED) is 0.845. The van der Waals surface area contributed by atoms with Crippen LogP contribution in [0.3, 0.4) is 0 Å². The molecule has 1 aliphatic rings. The number of carbonyl (C=O) groups excluding carboxylic acids is 1. The molecule has 0 bridgehead atoms. The molecule has 1 atom stereocenters. The van der Waals surface area contributed by atoms with Crippen LogP contribution in [-0.4, -0.2) is 39.6 Å². The number of aliphatic hydroxyl groups is 1. The van der Waals surface area contributed by atoms with Gasteiger partial charge in [0.2, 0.25) is 0 Å². The Kier molecular flexibility index (Phi) is 5.46. The highest BCUT2D eigenvalue weighted by molar-refractivity contribution is 5.86. The first-order valence-electron chi connectivity index (χ1n) is 8.74. The molecule has 0 spiro atoms. The SMILES string of the molecule is Cc1cccc(CN2CCC[C@@](O)(CNCc3cccnc3)C2=O)c1. The summed E-state index contributed by atoms with van der Waals surface area (Å²) < 4.78 is 0. The molecule has 0 saturated carbocycles. The summed E-state index contributed by atoms with van der Waals surface area (Å²) in [5.41, 5.74) is 1.98. The van der Waals surface area contributed by atoms with E-state index < -0.39 is 5.60 Å². The molecule has 1 saturated heterocycles. The van der Waals surface area contributed by atoms with Crippen molar-refractivity contribution in [3.8, 4) is 0 Å². The van der Waals surface area contributed by atoms with Gasteiger partial charge in [0.05, 0.1) is 0 Å². The van der Waals surface area contributed by atoms with Crippen LogP contribution in [0.2, 0.25) is 0 Å². The monoisotopic (exact) mass is 339 g/mol. The number of hydrogen-bond donors (Lipinski definition) is 2. The largest absolute Gasteiger partial charge is 0.379 e. The van der Waals surface area contributed by atoms with E-state index in [2.05, 4.69) is 16.4 Å². The van der Waals surface area contributed by atoms with Crippen molar-refractivity contribution in [3.05, 3.63) is 65.5 Å². The van der Waals surface area contributed by atoms with Gasteiger partial charge in [0, 0.05) is 38.6 Å². The van der Waals surface area contributed by atoms with Gasteiger partial charge in [-0.25, -0.2) is 0 Å². The molecule has 3 rings (SSSR count). The van der Waals surface area contributed by atoms with Gasteiger partial charge in [0.25, 0.3) is 5.91 Å². The smallest absolute Gasteiger partial charge is 0.256 e. The Morgan fingerprint density at radius 2 is 2.12 bits per heavy atom. The second kappa shape index (κ2) is 7.76. The van der Waals surface area contributed by atoms with Crippen molar-refractivity contribution in [1.29, 1.82) is 0 Å². The van der Waals surface area contributed by atoms with E-state index in [4.69, 9.17) is 0 Å². The summed E-state index contributed by atoms with van der Waals surface area (Å²) >= 11 is 0. The number of rotatable bonds is 6. The molecule has 0 unspecified atom stereocenters. The number of aryl methyl sites for hydroxylation is 1. The van der Waals surface area contributed by atoms with Crippen molar-refractivity contribution in [3.63, 3.8) is 0 Å². The van der Waals surface area contributed by atoms with Gasteiger partial charge in [-0.1, -0.05) is 35.9 Å². The van der Waals surface area contributed by atoms with E-state index in [1.807, 2.05) is 37.3 Å². The third kappa shape index (κ3) is 4.44. The lowest BCUT2D eigenvalue weighted by Gasteiger charge is -2.38. The fourth-order valence-electron chi connectivity index (χ4n) is 3.33. The van der Waals surface area contributed by atoms with E-state index in [0.717, 1.165) is 17.5 Å². The van der Waals surface area contributed by atoms with Crippen molar-refractivity contribution in [2.75, 3.05) is 13.1 Å². The van der Waals surface area contributed by atoms with E-state index in [9.17, 15) is 9.90 Å². The molecule has 0 radical (unpaired) electrons. The zero-order chi connectivity index (χ0) is 17.7. The summed E-state index contributed by atoms with van der Waals surface area (Å²) in [6.45, 7) is 4.12. The molecule has 132 valence electrons. The first kappa shape index (κ1) is 17.6. The van der Waals surface area contributed by atoms with Crippen LogP contribution in [0.25, 0.3) is 0 Å². The standard InChI is InChI=1S/C20H25N3O2/c1-16-5-2-6-17(11-16)14-23-10-4-8-20(25,19(23)24)15-22-13-18-7-3-9-21-12-18/h2-3,5-7,9,11-12,22,25H,4,8,10,13-15H2,1H3/t20-/m1/s1. The Bertz CT molecular complexity index is 720. The molecule has 1 aromatic heterocycles. The molecular formula is C20H25N3O2. The molecule has 1 aliphatic heterocycles. The number of nitrogens with one attached hydrogen (secondary N) is 1. The van der Waals surface area contributed by atoms with Gasteiger partial charge in [-0.2, -0.15) is 0 Å². The average Bonchev–Trinajstić information content (AvgIpc) is 2.60. The number of amides is 1. The Balaban J connectivity index is 1.60. The van der Waals surface area contributed by atoms with Gasteiger partial charge in [0.1, 0.15) is 0 Å². The van der Waals surface area contributed by atoms with Crippen molar-refractivity contribution in [2.45, 2.75) is 38.5 Å². The molecule has 2 aromatic rings. The summed E-state index contributed by atoms with van der Waals surface area (Å²) in [6.07, 6.45) is 4.81.